The van der Waals surface area contributed by atoms with Gasteiger partial charge in [-0.05, 0) is 37.5 Å². The number of esters is 4. The van der Waals surface area contributed by atoms with Gasteiger partial charge in [0.1, 0.15) is 19.3 Å². The molecule has 0 fully saturated rings. The predicted molar refractivity (Wildman–Crippen MR) is 349 cm³/mol. The van der Waals surface area contributed by atoms with E-state index in [0.29, 0.717) is 25.7 Å². The van der Waals surface area contributed by atoms with Gasteiger partial charge < -0.3 is 33.8 Å². The highest BCUT2D eigenvalue weighted by atomic mass is 31.2. The van der Waals surface area contributed by atoms with Crippen molar-refractivity contribution < 1.29 is 80.2 Å². The van der Waals surface area contributed by atoms with Crippen molar-refractivity contribution in [2.24, 2.45) is 11.8 Å². The smallest absolute Gasteiger partial charge is 0.462 e. The van der Waals surface area contributed by atoms with Crippen molar-refractivity contribution in [1.82, 2.24) is 0 Å². The number of hydrogen-bond donors (Lipinski definition) is 3. The lowest BCUT2D eigenvalue weighted by atomic mass is 10.0. The van der Waals surface area contributed by atoms with Gasteiger partial charge in [-0.1, -0.05) is 292 Å². The lowest BCUT2D eigenvalue weighted by molar-refractivity contribution is -0.161. The van der Waals surface area contributed by atoms with E-state index in [1.165, 1.54) is 154 Å². The van der Waals surface area contributed by atoms with Gasteiger partial charge in [0, 0.05) is 25.7 Å². The van der Waals surface area contributed by atoms with Crippen LogP contribution in [0, 0.1) is 11.8 Å². The third kappa shape index (κ3) is 62.6. The first-order valence-electron chi connectivity index (χ1n) is 35.5. The van der Waals surface area contributed by atoms with E-state index in [4.69, 9.17) is 37.0 Å². The molecule has 19 heteroatoms. The molecule has 0 aromatic carbocycles. The predicted octanol–water partition coefficient (Wildman–Crippen LogP) is 19.2. The highest BCUT2D eigenvalue weighted by molar-refractivity contribution is 7.47. The summed E-state index contributed by atoms with van der Waals surface area (Å²) in [5.74, 6) is -0.627. The van der Waals surface area contributed by atoms with Crippen LogP contribution in [0.1, 0.15) is 343 Å². The maximum Gasteiger partial charge on any atom is 0.472 e. The molecule has 17 nitrogen and oxygen atoms in total. The van der Waals surface area contributed by atoms with E-state index < -0.39 is 97.5 Å². The molecule has 0 aromatic heterocycles. The van der Waals surface area contributed by atoms with Gasteiger partial charge in [-0.2, -0.15) is 0 Å². The summed E-state index contributed by atoms with van der Waals surface area (Å²) in [4.78, 5) is 72.4. The molecule has 0 aliphatic heterocycles. The molecule has 0 bridgehead atoms. The third-order valence-corrected chi connectivity index (χ3v) is 17.6. The van der Waals surface area contributed by atoms with Crippen LogP contribution in [0.4, 0.5) is 0 Å². The van der Waals surface area contributed by atoms with E-state index in [2.05, 4.69) is 41.5 Å². The second-order valence-electron chi connectivity index (χ2n) is 25.5. The highest BCUT2D eigenvalue weighted by Crippen LogP contribution is 2.45. The third-order valence-electron chi connectivity index (χ3n) is 15.7. The monoisotopic (exact) mass is 1280 g/mol. The van der Waals surface area contributed by atoms with Gasteiger partial charge in [0.25, 0.3) is 0 Å². The van der Waals surface area contributed by atoms with E-state index in [0.717, 1.165) is 108 Å². The number of aliphatic hydroxyl groups is 1. The van der Waals surface area contributed by atoms with E-state index in [9.17, 15) is 43.2 Å². The maximum atomic E-state index is 13.0. The van der Waals surface area contributed by atoms with Crippen LogP contribution < -0.4 is 0 Å². The summed E-state index contributed by atoms with van der Waals surface area (Å²) in [7, 11) is -9.89. The van der Waals surface area contributed by atoms with Gasteiger partial charge in [0.15, 0.2) is 12.2 Å². The molecule has 516 valence electrons. The zero-order valence-corrected chi connectivity index (χ0v) is 58.1. The fraction of sp³-hybridized carbons (Fsp3) is 0.941. The molecule has 0 aromatic rings. The van der Waals surface area contributed by atoms with Crippen molar-refractivity contribution in [2.75, 3.05) is 39.6 Å². The Hall–Kier alpha value is -1.94. The van der Waals surface area contributed by atoms with Crippen molar-refractivity contribution in [3.8, 4) is 0 Å². The zero-order valence-electron chi connectivity index (χ0n) is 56.3. The molecule has 0 saturated heterocycles. The van der Waals surface area contributed by atoms with Gasteiger partial charge in [0.2, 0.25) is 0 Å². The fourth-order valence-corrected chi connectivity index (χ4v) is 11.8. The molecule has 5 atom stereocenters. The normalized spacial score (nSPS) is 14.2. The fourth-order valence-electron chi connectivity index (χ4n) is 10.2. The molecule has 2 unspecified atom stereocenters. The molecule has 0 saturated carbocycles. The minimum Gasteiger partial charge on any atom is -0.462 e. The van der Waals surface area contributed by atoms with Crippen LogP contribution in [-0.2, 0) is 65.4 Å². The molecule has 0 heterocycles. The largest absolute Gasteiger partial charge is 0.472 e. The maximum absolute atomic E-state index is 13.0. The van der Waals surface area contributed by atoms with Crippen LogP contribution in [0.25, 0.3) is 0 Å². The van der Waals surface area contributed by atoms with Crippen LogP contribution in [0.5, 0.6) is 0 Å². The van der Waals surface area contributed by atoms with E-state index in [1.807, 2.05) is 0 Å². The summed E-state index contributed by atoms with van der Waals surface area (Å²) in [6, 6.07) is 0. The molecular weight excluding hydrogens is 1150 g/mol. The summed E-state index contributed by atoms with van der Waals surface area (Å²) >= 11 is 0. The van der Waals surface area contributed by atoms with Crippen molar-refractivity contribution >= 4 is 39.5 Å². The summed E-state index contributed by atoms with van der Waals surface area (Å²) < 4.78 is 68.1. The Labute approximate surface area is 530 Å². The minimum absolute atomic E-state index is 0.105. The Balaban J connectivity index is 5.23. The summed E-state index contributed by atoms with van der Waals surface area (Å²) in [6.07, 6.45) is 44.4. The summed E-state index contributed by atoms with van der Waals surface area (Å²) in [5, 5.41) is 10.6. The molecule has 0 aliphatic rings. The van der Waals surface area contributed by atoms with Gasteiger partial charge in [0.05, 0.1) is 26.4 Å². The standard InChI is InChI=1S/C68H132O17P2/c1-7-9-11-13-15-17-18-19-22-27-33-39-45-51-66(71)79-57-64(84-67(72)52-46-40-34-28-23-20-21-25-30-36-42-48-60(3)4)59-83-87(76,77)81-55-62(69)54-80-86(74,75)82-58-63(56-78-65(70)50-44-38-32-16-14-12-10-8-2)85-68(73)53-47-41-35-29-24-26-31-37-43-49-61(5)6/h60-64,69H,7-59H2,1-6H3,(H,74,75)(H,76,77)/t62-,63+,64+/m0/s1. The number of phosphoric ester groups is 2. The SMILES string of the molecule is CCCCCCCCCCCCCCCC(=O)OC[C@H](COP(=O)(O)OC[C@@H](O)COP(=O)(O)OC[C@@H](COC(=O)CCCCCCCCCC)OC(=O)CCCCCCCCCCCC(C)C)OC(=O)CCCCCCCCCCCCCC(C)C. The Bertz CT molecular complexity index is 1700. The number of carbonyl (C=O) groups is 4. The van der Waals surface area contributed by atoms with Gasteiger partial charge in [-0.15, -0.1) is 0 Å². The number of hydrogen-bond acceptors (Lipinski definition) is 15. The highest BCUT2D eigenvalue weighted by Gasteiger charge is 2.30. The number of aliphatic hydroxyl groups excluding tert-OH is 1. The molecule has 0 aliphatic carbocycles. The second kappa shape index (κ2) is 60.3. The van der Waals surface area contributed by atoms with Crippen LogP contribution in [0.3, 0.4) is 0 Å². The first-order chi connectivity index (χ1) is 41.9. The minimum atomic E-state index is -4.95. The Kier molecular flexibility index (Phi) is 59.0. The molecule has 87 heavy (non-hydrogen) atoms. The van der Waals surface area contributed by atoms with E-state index in [-0.39, 0.29) is 25.7 Å². The van der Waals surface area contributed by atoms with Gasteiger partial charge in [-0.3, -0.25) is 37.3 Å². The molecule has 3 N–H and O–H groups in total. The average Bonchev–Trinajstić information content (AvgIpc) is 3.69. The lowest BCUT2D eigenvalue weighted by Gasteiger charge is -2.21. The Morgan fingerprint density at radius 3 is 0.782 bits per heavy atom. The molecular formula is C68H132O17P2. The van der Waals surface area contributed by atoms with E-state index >= 15 is 0 Å². The molecule has 0 spiro atoms. The van der Waals surface area contributed by atoms with Crippen molar-refractivity contribution in [1.29, 1.82) is 0 Å². The number of ether oxygens (including phenoxy) is 4. The van der Waals surface area contributed by atoms with Crippen LogP contribution in [0.2, 0.25) is 0 Å². The lowest BCUT2D eigenvalue weighted by Crippen LogP contribution is -2.30. The van der Waals surface area contributed by atoms with Crippen molar-refractivity contribution in [2.45, 2.75) is 362 Å². The Morgan fingerprint density at radius 2 is 0.529 bits per heavy atom. The van der Waals surface area contributed by atoms with Crippen LogP contribution in [0.15, 0.2) is 0 Å². The topological polar surface area (TPSA) is 237 Å². The van der Waals surface area contributed by atoms with Crippen molar-refractivity contribution in [3.63, 3.8) is 0 Å². The first kappa shape index (κ1) is 85.1. The average molecular weight is 1280 g/mol. The van der Waals surface area contributed by atoms with Gasteiger partial charge in [-0.25, -0.2) is 9.13 Å². The molecule has 0 rings (SSSR count). The van der Waals surface area contributed by atoms with Crippen LogP contribution >= 0.6 is 15.6 Å². The summed E-state index contributed by atoms with van der Waals surface area (Å²) in [5.41, 5.74) is 0. The summed E-state index contributed by atoms with van der Waals surface area (Å²) in [6.45, 7) is 9.49. The zero-order chi connectivity index (χ0) is 64.3. The molecule has 0 radical (unpaired) electrons. The molecule has 0 amide bonds. The Morgan fingerprint density at radius 1 is 0.310 bits per heavy atom. The second-order valence-corrected chi connectivity index (χ2v) is 28.4. The van der Waals surface area contributed by atoms with Crippen LogP contribution in [-0.4, -0.2) is 96.7 Å². The van der Waals surface area contributed by atoms with Gasteiger partial charge >= 0.3 is 39.5 Å². The number of phosphoric acid groups is 2. The first-order valence-corrected chi connectivity index (χ1v) is 38.5. The quantitative estimate of drug-likeness (QED) is 0.0222. The number of rotatable bonds is 67. The van der Waals surface area contributed by atoms with Crippen molar-refractivity contribution in [3.05, 3.63) is 0 Å². The van der Waals surface area contributed by atoms with E-state index in [1.54, 1.807) is 0 Å². The number of carbonyl (C=O) groups excluding carboxylic acids is 4. The number of unbranched alkanes of at least 4 members (excludes halogenated alkanes) is 37.